The number of nitrogens with one attached hydrogen (secondary N) is 1. The van der Waals surface area contributed by atoms with Crippen molar-refractivity contribution in [3.8, 4) is 17.0 Å². The number of benzene rings is 2. The highest BCUT2D eigenvalue weighted by atomic mass is 32.2. The highest BCUT2D eigenvalue weighted by molar-refractivity contribution is 7.92. The Labute approximate surface area is 179 Å². The molecule has 1 atom stereocenters. The smallest absolute Gasteiger partial charge is 0.257 e. The van der Waals surface area contributed by atoms with Gasteiger partial charge in [0.25, 0.3) is 5.91 Å². The molecular formula is C21H21N3O4S2. The van der Waals surface area contributed by atoms with E-state index in [1.165, 1.54) is 21.9 Å². The zero-order chi connectivity index (χ0) is 21.5. The molecule has 0 saturated heterocycles. The molecule has 1 aromatic heterocycles. The average molecular weight is 444 g/mol. The van der Waals surface area contributed by atoms with Crippen LogP contribution < -0.4 is 14.4 Å². The van der Waals surface area contributed by atoms with Crippen LogP contribution in [0.15, 0.2) is 47.8 Å². The Bertz CT molecular complexity index is 1200. The molecule has 0 spiro atoms. The van der Waals surface area contributed by atoms with E-state index in [0.29, 0.717) is 22.8 Å². The summed E-state index contributed by atoms with van der Waals surface area (Å²) in [5.41, 5.74) is 3.65. The highest BCUT2D eigenvalue weighted by Crippen LogP contribution is 2.35. The summed E-state index contributed by atoms with van der Waals surface area (Å²) in [6.45, 7) is 1.86. The molecule has 0 saturated carbocycles. The van der Waals surface area contributed by atoms with Gasteiger partial charge in [-0.1, -0.05) is 0 Å². The third-order valence-electron chi connectivity index (χ3n) is 4.96. The first kappa shape index (κ1) is 20.4. The summed E-state index contributed by atoms with van der Waals surface area (Å²) in [7, 11) is -1.74. The summed E-state index contributed by atoms with van der Waals surface area (Å²) >= 11 is 1.35. The van der Waals surface area contributed by atoms with Gasteiger partial charge in [-0.2, -0.15) is 0 Å². The molecular weight excluding hydrogens is 422 g/mol. The Morgan fingerprint density at radius 3 is 2.63 bits per heavy atom. The average Bonchev–Trinajstić information content (AvgIpc) is 3.30. The number of hydrogen-bond donors (Lipinski definition) is 1. The minimum Gasteiger partial charge on any atom is -0.497 e. The number of thiazole rings is 1. The Morgan fingerprint density at radius 1 is 1.23 bits per heavy atom. The molecule has 7 nitrogen and oxygen atoms in total. The lowest BCUT2D eigenvalue weighted by Crippen LogP contribution is -2.34. The maximum absolute atomic E-state index is 12.7. The summed E-state index contributed by atoms with van der Waals surface area (Å²) in [6, 6.07) is 12.5. The second kappa shape index (κ2) is 7.73. The first-order valence-corrected chi connectivity index (χ1v) is 12.0. The molecule has 2 heterocycles. The SMILES string of the molecule is COc1ccc(-c2csc(NC(=O)c3ccc4c(c3)C[C@H](C)N4S(C)(=O)=O)n2)cc1. The number of nitrogens with zero attached hydrogens (tertiary/aromatic N) is 2. The van der Waals surface area contributed by atoms with E-state index in [4.69, 9.17) is 4.74 Å². The number of hydrogen-bond acceptors (Lipinski definition) is 6. The molecule has 30 heavy (non-hydrogen) atoms. The van der Waals surface area contributed by atoms with Crippen molar-refractivity contribution in [1.82, 2.24) is 4.98 Å². The fraction of sp³-hybridized carbons (Fsp3) is 0.238. The van der Waals surface area contributed by atoms with Gasteiger partial charge in [-0.05, 0) is 61.4 Å². The van der Waals surface area contributed by atoms with Gasteiger partial charge in [0.15, 0.2) is 5.13 Å². The van der Waals surface area contributed by atoms with Gasteiger partial charge in [-0.3, -0.25) is 14.4 Å². The van der Waals surface area contributed by atoms with Gasteiger partial charge in [-0.25, -0.2) is 13.4 Å². The largest absolute Gasteiger partial charge is 0.497 e. The summed E-state index contributed by atoms with van der Waals surface area (Å²) in [5, 5.41) is 5.21. The zero-order valence-electron chi connectivity index (χ0n) is 16.7. The molecule has 0 bridgehead atoms. The molecule has 1 aliphatic heterocycles. The number of ether oxygens (including phenoxy) is 1. The lowest BCUT2D eigenvalue weighted by atomic mass is 10.1. The van der Waals surface area contributed by atoms with Crippen molar-refractivity contribution in [2.75, 3.05) is 23.0 Å². The molecule has 0 aliphatic carbocycles. The van der Waals surface area contributed by atoms with E-state index >= 15 is 0 Å². The number of aromatic nitrogens is 1. The number of rotatable bonds is 5. The van der Waals surface area contributed by atoms with Crippen LogP contribution in [0.1, 0.15) is 22.8 Å². The van der Waals surface area contributed by atoms with Crippen LogP contribution in [-0.2, 0) is 16.4 Å². The molecule has 0 fully saturated rings. The number of amides is 1. The van der Waals surface area contributed by atoms with Crippen LogP contribution in [-0.4, -0.2) is 38.7 Å². The van der Waals surface area contributed by atoms with E-state index < -0.39 is 10.0 Å². The molecule has 1 aliphatic rings. The predicted octanol–water partition coefficient (Wildman–Crippen LogP) is 3.78. The van der Waals surface area contributed by atoms with Gasteiger partial charge in [0.05, 0.1) is 24.7 Å². The van der Waals surface area contributed by atoms with Crippen LogP contribution in [0.3, 0.4) is 0 Å². The first-order chi connectivity index (χ1) is 14.3. The van der Waals surface area contributed by atoms with E-state index in [-0.39, 0.29) is 11.9 Å². The number of sulfonamides is 1. The second-order valence-corrected chi connectivity index (χ2v) is 9.89. The lowest BCUT2D eigenvalue weighted by molar-refractivity contribution is 0.102. The van der Waals surface area contributed by atoms with Crippen LogP contribution >= 0.6 is 11.3 Å². The Hall–Kier alpha value is -2.91. The van der Waals surface area contributed by atoms with Crippen LogP contribution in [0.5, 0.6) is 5.75 Å². The summed E-state index contributed by atoms with van der Waals surface area (Å²) < 4.78 is 30.7. The van der Waals surface area contributed by atoms with Gasteiger partial charge in [0, 0.05) is 22.5 Å². The van der Waals surface area contributed by atoms with Crippen molar-refractivity contribution in [1.29, 1.82) is 0 Å². The van der Waals surface area contributed by atoms with Crippen molar-refractivity contribution < 1.29 is 17.9 Å². The number of fused-ring (bicyclic) bond motifs is 1. The van der Waals surface area contributed by atoms with E-state index in [9.17, 15) is 13.2 Å². The third kappa shape index (κ3) is 3.90. The van der Waals surface area contributed by atoms with Gasteiger partial charge in [-0.15, -0.1) is 11.3 Å². The molecule has 156 valence electrons. The Morgan fingerprint density at radius 2 is 1.97 bits per heavy atom. The van der Waals surface area contributed by atoms with Crippen LogP contribution in [0, 0.1) is 0 Å². The fourth-order valence-corrected chi connectivity index (χ4v) is 5.62. The monoisotopic (exact) mass is 443 g/mol. The minimum atomic E-state index is -3.36. The summed E-state index contributed by atoms with van der Waals surface area (Å²) in [6.07, 6.45) is 1.77. The van der Waals surface area contributed by atoms with Crippen molar-refractivity contribution >= 4 is 38.1 Å². The number of anilines is 2. The van der Waals surface area contributed by atoms with Gasteiger partial charge >= 0.3 is 0 Å². The van der Waals surface area contributed by atoms with Crippen molar-refractivity contribution in [2.45, 2.75) is 19.4 Å². The first-order valence-electron chi connectivity index (χ1n) is 9.30. The molecule has 1 amide bonds. The zero-order valence-corrected chi connectivity index (χ0v) is 18.4. The molecule has 0 radical (unpaired) electrons. The quantitative estimate of drug-likeness (QED) is 0.648. The van der Waals surface area contributed by atoms with Crippen LogP contribution in [0.25, 0.3) is 11.3 Å². The molecule has 3 aromatic rings. The van der Waals surface area contributed by atoms with Crippen molar-refractivity contribution in [3.05, 3.63) is 59.0 Å². The van der Waals surface area contributed by atoms with E-state index in [1.807, 2.05) is 36.6 Å². The summed E-state index contributed by atoms with van der Waals surface area (Å²) in [5.74, 6) is 0.488. The Balaban J connectivity index is 1.51. The minimum absolute atomic E-state index is 0.167. The van der Waals surface area contributed by atoms with Gasteiger partial charge in [0.2, 0.25) is 10.0 Å². The van der Waals surface area contributed by atoms with Crippen molar-refractivity contribution in [2.24, 2.45) is 0 Å². The molecule has 9 heteroatoms. The second-order valence-electron chi connectivity index (χ2n) is 7.18. The number of carbonyl (C=O) groups is 1. The summed E-state index contributed by atoms with van der Waals surface area (Å²) in [4.78, 5) is 17.2. The normalized spacial score (nSPS) is 15.7. The molecule has 4 rings (SSSR count). The maximum atomic E-state index is 12.7. The third-order valence-corrected chi connectivity index (χ3v) is 6.99. The predicted molar refractivity (Wildman–Crippen MR) is 119 cm³/mol. The van der Waals surface area contributed by atoms with E-state index in [2.05, 4.69) is 10.3 Å². The standard InChI is InChI=1S/C21H21N3O4S2/c1-13-10-16-11-15(6-9-19(16)24(13)30(3,26)27)20(25)23-21-22-18(12-29-21)14-4-7-17(28-2)8-5-14/h4-9,11-13H,10H2,1-3H3,(H,22,23,25)/t13-/m0/s1. The molecule has 1 N–H and O–H groups in total. The number of carbonyl (C=O) groups excluding carboxylic acids is 1. The lowest BCUT2D eigenvalue weighted by Gasteiger charge is -2.21. The fourth-order valence-electron chi connectivity index (χ4n) is 3.64. The molecule has 2 aromatic carbocycles. The number of methoxy groups -OCH3 is 1. The van der Waals surface area contributed by atoms with Crippen LogP contribution in [0.2, 0.25) is 0 Å². The molecule has 0 unspecified atom stereocenters. The van der Waals surface area contributed by atoms with E-state index in [1.54, 1.807) is 25.3 Å². The van der Waals surface area contributed by atoms with Crippen molar-refractivity contribution in [3.63, 3.8) is 0 Å². The van der Waals surface area contributed by atoms with Gasteiger partial charge in [0.1, 0.15) is 5.75 Å². The topological polar surface area (TPSA) is 88.6 Å². The van der Waals surface area contributed by atoms with Gasteiger partial charge < -0.3 is 4.74 Å². The Kier molecular flexibility index (Phi) is 5.25. The highest BCUT2D eigenvalue weighted by Gasteiger charge is 2.32. The van der Waals surface area contributed by atoms with Crippen LogP contribution in [0.4, 0.5) is 10.8 Å². The maximum Gasteiger partial charge on any atom is 0.257 e. The van der Waals surface area contributed by atoms with E-state index in [0.717, 1.165) is 22.6 Å².